The van der Waals surface area contributed by atoms with Crippen LogP contribution in [0.1, 0.15) is 37.8 Å². The van der Waals surface area contributed by atoms with E-state index in [2.05, 4.69) is 55.4 Å². The Morgan fingerprint density at radius 3 is 2.42 bits per heavy atom. The average Bonchev–Trinajstić information content (AvgIpc) is 2.48. The standard InChI is InChI=1S/C17H28N2/c1-4-14-6-8-15(9-7-14)12-19-11-10-17(18-3)16(5-2)13-19/h6-9,16-18H,4-5,10-13H2,1-3H3. The zero-order valence-corrected chi connectivity index (χ0v) is 12.7. The molecule has 0 saturated carbocycles. The Labute approximate surface area is 118 Å². The first-order chi connectivity index (χ1) is 9.26. The third kappa shape index (κ3) is 3.80. The average molecular weight is 260 g/mol. The molecule has 1 aromatic rings. The van der Waals surface area contributed by atoms with E-state index in [1.807, 2.05) is 0 Å². The quantitative estimate of drug-likeness (QED) is 0.875. The van der Waals surface area contributed by atoms with Crippen LogP contribution in [0.25, 0.3) is 0 Å². The fraction of sp³-hybridized carbons (Fsp3) is 0.647. The number of benzene rings is 1. The molecule has 2 unspecified atom stereocenters. The van der Waals surface area contributed by atoms with Gasteiger partial charge in [0.15, 0.2) is 0 Å². The Balaban J connectivity index is 1.92. The normalized spacial score (nSPS) is 24.6. The summed E-state index contributed by atoms with van der Waals surface area (Å²) in [4.78, 5) is 2.61. The van der Waals surface area contributed by atoms with Crippen LogP contribution in [0.5, 0.6) is 0 Å². The number of rotatable bonds is 5. The van der Waals surface area contributed by atoms with Gasteiger partial charge in [-0.3, -0.25) is 4.90 Å². The molecule has 1 aliphatic heterocycles. The molecule has 2 rings (SSSR count). The molecular formula is C17H28N2. The van der Waals surface area contributed by atoms with E-state index in [9.17, 15) is 0 Å². The van der Waals surface area contributed by atoms with Gasteiger partial charge in [-0.1, -0.05) is 44.5 Å². The highest BCUT2D eigenvalue weighted by atomic mass is 15.1. The van der Waals surface area contributed by atoms with Crippen LogP contribution in [0.2, 0.25) is 0 Å². The Kier molecular flexibility index (Phi) is 5.41. The van der Waals surface area contributed by atoms with Gasteiger partial charge < -0.3 is 5.32 Å². The van der Waals surface area contributed by atoms with Crippen LogP contribution in [0.15, 0.2) is 24.3 Å². The Morgan fingerprint density at radius 1 is 1.16 bits per heavy atom. The van der Waals surface area contributed by atoms with Gasteiger partial charge in [0.2, 0.25) is 0 Å². The van der Waals surface area contributed by atoms with Crippen molar-refractivity contribution in [3.63, 3.8) is 0 Å². The molecule has 1 aliphatic rings. The second-order valence-electron chi connectivity index (χ2n) is 5.76. The van der Waals surface area contributed by atoms with Crippen LogP contribution >= 0.6 is 0 Å². The van der Waals surface area contributed by atoms with Crippen molar-refractivity contribution >= 4 is 0 Å². The molecule has 0 spiro atoms. The summed E-state index contributed by atoms with van der Waals surface area (Å²) in [6.45, 7) is 8.09. The zero-order chi connectivity index (χ0) is 13.7. The van der Waals surface area contributed by atoms with Gasteiger partial charge in [0.25, 0.3) is 0 Å². The minimum Gasteiger partial charge on any atom is -0.317 e. The first kappa shape index (κ1) is 14.5. The first-order valence-corrected chi connectivity index (χ1v) is 7.74. The molecular weight excluding hydrogens is 232 g/mol. The fourth-order valence-electron chi connectivity index (χ4n) is 3.18. The van der Waals surface area contributed by atoms with Gasteiger partial charge in [0, 0.05) is 19.1 Å². The maximum absolute atomic E-state index is 3.48. The molecule has 2 atom stereocenters. The molecule has 0 radical (unpaired) electrons. The maximum atomic E-state index is 3.48. The lowest BCUT2D eigenvalue weighted by molar-refractivity contribution is 0.132. The van der Waals surface area contributed by atoms with Crippen molar-refractivity contribution in [1.82, 2.24) is 10.2 Å². The van der Waals surface area contributed by atoms with E-state index in [4.69, 9.17) is 0 Å². The second-order valence-corrected chi connectivity index (χ2v) is 5.76. The highest BCUT2D eigenvalue weighted by Crippen LogP contribution is 2.21. The largest absolute Gasteiger partial charge is 0.317 e. The van der Waals surface area contributed by atoms with E-state index in [1.54, 1.807) is 0 Å². The smallest absolute Gasteiger partial charge is 0.0233 e. The van der Waals surface area contributed by atoms with Crippen molar-refractivity contribution in [2.45, 2.75) is 45.7 Å². The van der Waals surface area contributed by atoms with Crippen LogP contribution in [0.4, 0.5) is 0 Å². The summed E-state index contributed by atoms with van der Waals surface area (Å²) < 4.78 is 0. The van der Waals surface area contributed by atoms with Crippen molar-refractivity contribution in [3.8, 4) is 0 Å². The highest BCUT2D eigenvalue weighted by Gasteiger charge is 2.26. The summed E-state index contributed by atoms with van der Waals surface area (Å²) in [5.74, 6) is 0.800. The molecule has 0 aliphatic carbocycles. The van der Waals surface area contributed by atoms with Crippen LogP contribution in [0.3, 0.4) is 0 Å². The minimum absolute atomic E-state index is 0.712. The Hall–Kier alpha value is -0.860. The van der Waals surface area contributed by atoms with E-state index in [0.717, 1.165) is 18.9 Å². The number of hydrogen-bond donors (Lipinski definition) is 1. The summed E-state index contributed by atoms with van der Waals surface area (Å²) >= 11 is 0. The van der Waals surface area contributed by atoms with Gasteiger partial charge in [-0.15, -0.1) is 0 Å². The zero-order valence-electron chi connectivity index (χ0n) is 12.7. The minimum atomic E-state index is 0.712. The van der Waals surface area contributed by atoms with Crippen LogP contribution in [-0.2, 0) is 13.0 Å². The number of nitrogens with zero attached hydrogens (tertiary/aromatic N) is 1. The molecule has 1 aromatic carbocycles. The molecule has 106 valence electrons. The molecule has 2 nitrogen and oxygen atoms in total. The molecule has 19 heavy (non-hydrogen) atoms. The van der Waals surface area contributed by atoms with E-state index in [-0.39, 0.29) is 0 Å². The topological polar surface area (TPSA) is 15.3 Å². The van der Waals surface area contributed by atoms with Gasteiger partial charge in [-0.25, -0.2) is 0 Å². The lowest BCUT2D eigenvalue weighted by atomic mass is 9.90. The van der Waals surface area contributed by atoms with Crippen molar-refractivity contribution < 1.29 is 0 Å². The van der Waals surface area contributed by atoms with Crippen LogP contribution < -0.4 is 5.32 Å². The Bertz CT molecular complexity index is 371. The predicted molar refractivity (Wildman–Crippen MR) is 82.3 cm³/mol. The fourth-order valence-corrected chi connectivity index (χ4v) is 3.18. The van der Waals surface area contributed by atoms with Crippen LogP contribution in [0, 0.1) is 5.92 Å². The van der Waals surface area contributed by atoms with E-state index in [0.29, 0.717) is 6.04 Å². The summed E-state index contributed by atoms with van der Waals surface area (Å²) in [6.07, 6.45) is 3.69. The van der Waals surface area contributed by atoms with Gasteiger partial charge >= 0.3 is 0 Å². The summed E-state index contributed by atoms with van der Waals surface area (Å²) in [5.41, 5.74) is 2.89. The number of piperidine rings is 1. The molecule has 2 heteroatoms. The monoisotopic (exact) mass is 260 g/mol. The second kappa shape index (κ2) is 7.06. The van der Waals surface area contributed by atoms with E-state index in [1.165, 1.54) is 37.1 Å². The molecule has 1 saturated heterocycles. The Morgan fingerprint density at radius 2 is 1.84 bits per heavy atom. The third-order valence-electron chi connectivity index (χ3n) is 4.55. The van der Waals surface area contributed by atoms with Gasteiger partial charge in [0.1, 0.15) is 0 Å². The van der Waals surface area contributed by atoms with Gasteiger partial charge in [-0.05, 0) is 43.5 Å². The first-order valence-electron chi connectivity index (χ1n) is 7.74. The lowest BCUT2D eigenvalue weighted by Gasteiger charge is -2.38. The summed E-state index contributed by atoms with van der Waals surface area (Å²) in [5, 5.41) is 3.48. The van der Waals surface area contributed by atoms with E-state index >= 15 is 0 Å². The molecule has 1 N–H and O–H groups in total. The van der Waals surface area contributed by atoms with Crippen molar-refractivity contribution in [2.24, 2.45) is 5.92 Å². The van der Waals surface area contributed by atoms with Crippen molar-refractivity contribution in [2.75, 3.05) is 20.1 Å². The van der Waals surface area contributed by atoms with Crippen molar-refractivity contribution in [1.29, 1.82) is 0 Å². The number of nitrogens with one attached hydrogen (secondary N) is 1. The number of likely N-dealkylation sites (tertiary alicyclic amines) is 1. The summed E-state index contributed by atoms with van der Waals surface area (Å²) in [7, 11) is 2.10. The van der Waals surface area contributed by atoms with E-state index < -0.39 is 0 Å². The maximum Gasteiger partial charge on any atom is 0.0233 e. The van der Waals surface area contributed by atoms with Crippen molar-refractivity contribution in [3.05, 3.63) is 35.4 Å². The third-order valence-corrected chi connectivity index (χ3v) is 4.55. The molecule has 1 heterocycles. The number of aryl methyl sites for hydroxylation is 1. The highest BCUT2D eigenvalue weighted by molar-refractivity contribution is 5.22. The molecule has 1 fully saturated rings. The molecule has 0 aromatic heterocycles. The van der Waals surface area contributed by atoms with Gasteiger partial charge in [0.05, 0.1) is 0 Å². The number of hydrogen-bond acceptors (Lipinski definition) is 2. The lowest BCUT2D eigenvalue weighted by Crippen LogP contribution is -2.47. The summed E-state index contributed by atoms with van der Waals surface area (Å²) in [6, 6.07) is 9.84. The molecule has 0 amide bonds. The van der Waals surface area contributed by atoms with Gasteiger partial charge in [-0.2, -0.15) is 0 Å². The van der Waals surface area contributed by atoms with Crippen LogP contribution in [-0.4, -0.2) is 31.1 Å². The molecule has 0 bridgehead atoms. The predicted octanol–water partition coefficient (Wildman–Crippen LogP) is 3.07. The SMILES string of the molecule is CCc1ccc(CN2CCC(NC)C(CC)C2)cc1.